The van der Waals surface area contributed by atoms with E-state index >= 15 is 0 Å². The van der Waals surface area contributed by atoms with Crippen LogP contribution in [0, 0.1) is 5.82 Å². The molecule has 1 aliphatic heterocycles. The normalized spacial score (nSPS) is 21.4. The standard InChI is InChI=1S/C16H24BrFN2O/c1-3-6-19-15(16-11-20(2)7-8-21-16)10-12-9-13(18)4-5-14(12)17/h4-5,9,15-16,19H,3,6-8,10-11H2,1-2H3. The summed E-state index contributed by atoms with van der Waals surface area (Å²) < 4.78 is 20.4. The summed E-state index contributed by atoms with van der Waals surface area (Å²) in [5, 5.41) is 3.56. The molecule has 1 N–H and O–H groups in total. The summed E-state index contributed by atoms with van der Waals surface area (Å²) in [5.41, 5.74) is 0.987. The van der Waals surface area contributed by atoms with Gasteiger partial charge >= 0.3 is 0 Å². The van der Waals surface area contributed by atoms with Crippen LogP contribution >= 0.6 is 15.9 Å². The lowest BCUT2D eigenvalue weighted by Crippen LogP contribution is -2.52. The van der Waals surface area contributed by atoms with Crippen molar-refractivity contribution in [3.63, 3.8) is 0 Å². The van der Waals surface area contributed by atoms with Crippen molar-refractivity contribution >= 4 is 15.9 Å². The largest absolute Gasteiger partial charge is 0.374 e. The van der Waals surface area contributed by atoms with Gasteiger partial charge in [-0.15, -0.1) is 0 Å². The van der Waals surface area contributed by atoms with Gasteiger partial charge in [0.05, 0.1) is 12.7 Å². The first-order chi connectivity index (χ1) is 10.1. The minimum Gasteiger partial charge on any atom is -0.374 e. The van der Waals surface area contributed by atoms with Crippen molar-refractivity contribution in [1.82, 2.24) is 10.2 Å². The predicted octanol–water partition coefficient (Wildman–Crippen LogP) is 2.83. The van der Waals surface area contributed by atoms with Crippen LogP contribution in [0.15, 0.2) is 22.7 Å². The monoisotopic (exact) mass is 358 g/mol. The topological polar surface area (TPSA) is 24.5 Å². The molecule has 5 heteroatoms. The molecule has 0 bridgehead atoms. The van der Waals surface area contributed by atoms with Crippen LogP contribution in [0.2, 0.25) is 0 Å². The van der Waals surface area contributed by atoms with Crippen LogP contribution in [-0.2, 0) is 11.2 Å². The number of likely N-dealkylation sites (N-methyl/N-ethyl adjacent to an activating group) is 1. The van der Waals surface area contributed by atoms with Gasteiger partial charge in [0.15, 0.2) is 0 Å². The number of rotatable bonds is 6. The Hall–Kier alpha value is -0.490. The zero-order chi connectivity index (χ0) is 15.2. The Labute approximate surface area is 135 Å². The summed E-state index contributed by atoms with van der Waals surface area (Å²) >= 11 is 3.52. The molecule has 1 heterocycles. The molecule has 1 aromatic carbocycles. The van der Waals surface area contributed by atoms with Crippen LogP contribution in [0.5, 0.6) is 0 Å². The van der Waals surface area contributed by atoms with E-state index < -0.39 is 0 Å². The van der Waals surface area contributed by atoms with Crippen molar-refractivity contribution in [1.29, 1.82) is 0 Å². The van der Waals surface area contributed by atoms with Crippen LogP contribution in [0.3, 0.4) is 0 Å². The Kier molecular flexibility index (Phi) is 6.61. The van der Waals surface area contributed by atoms with E-state index in [1.165, 1.54) is 6.07 Å². The third-order valence-corrected chi connectivity index (χ3v) is 4.62. The van der Waals surface area contributed by atoms with E-state index in [0.717, 1.165) is 49.1 Å². The molecular weight excluding hydrogens is 335 g/mol. The molecule has 0 aliphatic carbocycles. The molecule has 1 fully saturated rings. The average molecular weight is 359 g/mol. The van der Waals surface area contributed by atoms with Crippen LogP contribution in [-0.4, -0.2) is 50.3 Å². The van der Waals surface area contributed by atoms with Crippen molar-refractivity contribution in [3.8, 4) is 0 Å². The maximum absolute atomic E-state index is 13.5. The fourth-order valence-electron chi connectivity index (χ4n) is 2.66. The highest BCUT2D eigenvalue weighted by molar-refractivity contribution is 9.10. The van der Waals surface area contributed by atoms with Crippen molar-refractivity contribution < 1.29 is 9.13 Å². The smallest absolute Gasteiger partial charge is 0.123 e. The molecule has 0 radical (unpaired) electrons. The van der Waals surface area contributed by atoms with Crippen LogP contribution in [0.1, 0.15) is 18.9 Å². The number of morpholine rings is 1. The van der Waals surface area contributed by atoms with E-state index in [2.05, 4.69) is 40.1 Å². The van der Waals surface area contributed by atoms with Crippen molar-refractivity contribution in [2.24, 2.45) is 0 Å². The third-order valence-electron chi connectivity index (χ3n) is 3.85. The Balaban J connectivity index is 2.09. The Bertz CT molecular complexity index is 458. The molecule has 118 valence electrons. The van der Waals surface area contributed by atoms with E-state index in [1.54, 1.807) is 12.1 Å². The van der Waals surface area contributed by atoms with E-state index in [0.29, 0.717) is 0 Å². The van der Waals surface area contributed by atoms with Gasteiger partial charge < -0.3 is 15.0 Å². The highest BCUT2D eigenvalue weighted by Crippen LogP contribution is 2.21. The maximum Gasteiger partial charge on any atom is 0.123 e. The Morgan fingerprint density at radius 3 is 3.05 bits per heavy atom. The lowest BCUT2D eigenvalue weighted by molar-refractivity contribution is -0.0384. The summed E-state index contributed by atoms with van der Waals surface area (Å²) in [4.78, 5) is 2.29. The minimum absolute atomic E-state index is 0.144. The summed E-state index contributed by atoms with van der Waals surface area (Å²) in [6.45, 7) is 5.74. The first kappa shape index (κ1) is 16.9. The molecule has 3 nitrogen and oxygen atoms in total. The molecule has 2 rings (SSSR count). The van der Waals surface area contributed by atoms with Gasteiger partial charge in [-0.05, 0) is 50.2 Å². The van der Waals surface area contributed by atoms with Crippen LogP contribution in [0.25, 0.3) is 0 Å². The van der Waals surface area contributed by atoms with E-state index in [9.17, 15) is 4.39 Å². The van der Waals surface area contributed by atoms with Gasteiger partial charge in [0, 0.05) is 23.6 Å². The number of nitrogens with one attached hydrogen (secondary N) is 1. The minimum atomic E-state index is -0.191. The van der Waals surface area contributed by atoms with Crippen LogP contribution in [0.4, 0.5) is 4.39 Å². The van der Waals surface area contributed by atoms with Crippen LogP contribution < -0.4 is 5.32 Å². The number of nitrogens with zero attached hydrogens (tertiary/aromatic N) is 1. The molecule has 2 unspecified atom stereocenters. The zero-order valence-electron chi connectivity index (χ0n) is 12.7. The van der Waals surface area contributed by atoms with Gasteiger partial charge in [0.1, 0.15) is 5.82 Å². The molecule has 0 aromatic heterocycles. The van der Waals surface area contributed by atoms with Gasteiger partial charge in [0.25, 0.3) is 0 Å². The second-order valence-corrected chi connectivity index (χ2v) is 6.53. The van der Waals surface area contributed by atoms with Gasteiger partial charge in [0.2, 0.25) is 0 Å². The van der Waals surface area contributed by atoms with Gasteiger partial charge in [-0.25, -0.2) is 4.39 Å². The highest BCUT2D eigenvalue weighted by Gasteiger charge is 2.27. The summed E-state index contributed by atoms with van der Waals surface area (Å²) in [7, 11) is 2.12. The fourth-order valence-corrected chi connectivity index (χ4v) is 3.06. The summed E-state index contributed by atoms with van der Waals surface area (Å²) in [6.07, 6.45) is 1.98. The first-order valence-electron chi connectivity index (χ1n) is 7.57. The number of hydrogen-bond donors (Lipinski definition) is 1. The average Bonchev–Trinajstić information content (AvgIpc) is 2.47. The molecule has 0 amide bonds. The lowest BCUT2D eigenvalue weighted by atomic mass is 9.99. The van der Waals surface area contributed by atoms with Gasteiger partial charge in [-0.3, -0.25) is 0 Å². The first-order valence-corrected chi connectivity index (χ1v) is 8.37. The second-order valence-electron chi connectivity index (χ2n) is 5.67. The van der Waals surface area contributed by atoms with Crippen molar-refractivity contribution in [2.45, 2.75) is 31.9 Å². The molecule has 0 spiro atoms. The Morgan fingerprint density at radius 1 is 1.52 bits per heavy atom. The number of benzene rings is 1. The van der Waals surface area contributed by atoms with Crippen molar-refractivity contribution in [2.75, 3.05) is 33.3 Å². The second kappa shape index (κ2) is 8.22. The molecule has 0 saturated carbocycles. The van der Waals surface area contributed by atoms with Gasteiger partial charge in [-0.2, -0.15) is 0 Å². The highest BCUT2D eigenvalue weighted by atomic mass is 79.9. The van der Waals surface area contributed by atoms with E-state index in [-0.39, 0.29) is 18.0 Å². The number of halogens is 2. The fraction of sp³-hybridized carbons (Fsp3) is 0.625. The number of ether oxygens (including phenoxy) is 1. The SMILES string of the molecule is CCCNC(Cc1cc(F)ccc1Br)C1CN(C)CCO1. The molecule has 1 aliphatic rings. The third kappa shape index (κ3) is 5.02. The summed E-state index contributed by atoms with van der Waals surface area (Å²) in [6, 6.07) is 5.06. The molecule has 1 aromatic rings. The zero-order valence-corrected chi connectivity index (χ0v) is 14.3. The molecule has 21 heavy (non-hydrogen) atoms. The van der Waals surface area contributed by atoms with E-state index in [4.69, 9.17) is 4.74 Å². The van der Waals surface area contributed by atoms with E-state index in [1.807, 2.05) is 0 Å². The number of hydrogen-bond acceptors (Lipinski definition) is 3. The van der Waals surface area contributed by atoms with Gasteiger partial charge in [-0.1, -0.05) is 22.9 Å². The predicted molar refractivity (Wildman–Crippen MR) is 87.1 cm³/mol. The summed E-state index contributed by atoms with van der Waals surface area (Å²) in [5.74, 6) is -0.191. The molecule has 2 atom stereocenters. The lowest BCUT2D eigenvalue weighted by Gasteiger charge is -2.36. The maximum atomic E-state index is 13.5. The van der Waals surface area contributed by atoms with Crippen molar-refractivity contribution in [3.05, 3.63) is 34.1 Å². The molecular formula is C16H24BrFN2O. The Morgan fingerprint density at radius 2 is 2.33 bits per heavy atom. The quantitative estimate of drug-likeness (QED) is 0.846. The molecule has 1 saturated heterocycles.